The number of hydrogen-bond donors (Lipinski definition) is 1. The molecule has 0 fully saturated rings. The standard InChI is InChI=1S/C13H16ClNO3/c1-4-18-12-7-10(13(17)8(2)14)5-6-11(12)15-9(3)16/h5-8H,4H2,1-3H3,(H,15,16). The Hall–Kier alpha value is -1.55. The van der Waals surface area contributed by atoms with Crippen LogP contribution in [-0.2, 0) is 4.79 Å². The van der Waals surface area contributed by atoms with Gasteiger partial charge in [0.15, 0.2) is 5.78 Å². The van der Waals surface area contributed by atoms with Crippen molar-refractivity contribution in [3.63, 3.8) is 0 Å². The van der Waals surface area contributed by atoms with Gasteiger partial charge in [-0.2, -0.15) is 0 Å². The molecule has 1 aromatic carbocycles. The van der Waals surface area contributed by atoms with Crippen molar-refractivity contribution >= 4 is 29.0 Å². The number of benzene rings is 1. The highest BCUT2D eigenvalue weighted by Gasteiger charge is 2.15. The van der Waals surface area contributed by atoms with Gasteiger partial charge in [-0.3, -0.25) is 9.59 Å². The maximum absolute atomic E-state index is 11.8. The molecule has 1 N–H and O–H groups in total. The first-order valence-electron chi connectivity index (χ1n) is 5.68. The molecule has 0 bridgehead atoms. The molecular formula is C13H16ClNO3. The maximum atomic E-state index is 11.8. The summed E-state index contributed by atoms with van der Waals surface area (Å²) in [6.07, 6.45) is 0. The molecule has 98 valence electrons. The smallest absolute Gasteiger partial charge is 0.221 e. The molecule has 0 radical (unpaired) electrons. The van der Waals surface area contributed by atoms with Gasteiger partial charge in [0.05, 0.1) is 17.7 Å². The second-order valence-electron chi connectivity index (χ2n) is 3.81. The van der Waals surface area contributed by atoms with Crippen LogP contribution in [-0.4, -0.2) is 23.7 Å². The van der Waals surface area contributed by atoms with E-state index in [9.17, 15) is 9.59 Å². The third-order valence-corrected chi connectivity index (χ3v) is 2.44. The average Bonchev–Trinajstić information content (AvgIpc) is 2.30. The lowest BCUT2D eigenvalue weighted by molar-refractivity contribution is -0.114. The monoisotopic (exact) mass is 269 g/mol. The number of Topliss-reactive ketones (excluding diaryl/α,β-unsaturated/α-hetero) is 1. The van der Waals surface area contributed by atoms with E-state index >= 15 is 0 Å². The quantitative estimate of drug-likeness (QED) is 0.661. The summed E-state index contributed by atoms with van der Waals surface area (Å²) in [6, 6.07) is 4.85. The first-order valence-corrected chi connectivity index (χ1v) is 6.12. The number of ether oxygens (including phenoxy) is 1. The van der Waals surface area contributed by atoms with Crippen molar-refractivity contribution in [1.82, 2.24) is 0 Å². The molecule has 1 aromatic rings. The fourth-order valence-electron chi connectivity index (χ4n) is 1.47. The van der Waals surface area contributed by atoms with Crippen molar-refractivity contribution in [2.24, 2.45) is 0 Å². The molecule has 0 heterocycles. The Balaban J connectivity index is 3.09. The van der Waals surface area contributed by atoms with Gasteiger partial charge < -0.3 is 10.1 Å². The third-order valence-electron chi connectivity index (χ3n) is 2.24. The van der Waals surface area contributed by atoms with E-state index in [-0.39, 0.29) is 11.7 Å². The molecule has 18 heavy (non-hydrogen) atoms. The first-order chi connectivity index (χ1) is 8.45. The van der Waals surface area contributed by atoms with Crippen LogP contribution in [0.4, 0.5) is 5.69 Å². The van der Waals surface area contributed by atoms with E-state index in [2.05, 4.69) is 5.32 Å². The number of rotatable bonds is 5. The molecule has 0 saturated heterocycles. The van der Waals surface area contributed by atoms with E-state index in [1.165, 1.54) is 6.92 Å². The Bertz CT molecular complexity index is 458. The van der Waals surface area contributed by atoms with E-state index in [0.29, 0.717) is 23.6 Å². The predicted octanol–water partition coefficient (Wildman–Crippen LogP) is 2.85. The molecule has 1 rings (SSSR count). The zero-order chi connectivity index (χ0) is 13.7. The van der Waals surface area contributed by atoms with Crippen LogP contribution >= 0.6 is 11.6 Å². The van der Waals surface area contributed by atoms with E-state index in [0.717, 1.165) is 0 Å². The average molecular weight is 270 g/mol. The number of ketones is 1. The Labute approximate surface area is 111 Å². The first kappa shape index (κ1) is 14.5. The van der Waals surface area contributed by atoms with Crippen molar-refractivity contribution in [3.05, 3.63) is 23.8 Å². The van der Waals surface area contributed by atoms with Crippen LogP contribution in [0.1, 0.15) is 31.1 Å². The third kappa shape index (κ3) is 3.74. The summed E-state index contributed by atoms with van der Waals surface area (Å²) >= 11 is 5.76. The van der Waals surface area contributed by atoms with Crippen LogP contribution in [0.2, 0.25) is 0 Å². The lowest BCUT2D eigenvalue weighted by Gasteiger charge is -2.12. The largest absolute Gasteiger partial charge is 0.492 e. The normalized spacial score (nSPS) is 11.8. The SMILES string of the molecule is CCOc1cc(C(=O)C(C)Cl)ccc1NC(C)=O. The molecule has 0 spiro atoms. The number of carbonyl (C=O) groups is 2. The molecule has 4 nitrogen and oxygen atoms in total. The summed E-state index contributed by atoms with van der Waals surface area (Å²) < 4.78 is 5.40. The Morgan fingerprint density at radius 1 is 1.44 bits per heavy atom. The van der Waals surface area contributed by atoms with Crippen LogP contribution in [0.3, 0.4) is 0 Å². The van der Waals surface area contributed by atoms with Gasteiger partial charge in [0.25, 0.3) is 0 Å². The van der Waals surface area contributed by atoms with Gasteiger partial charge in [0.2, 0.25) is 5.91 Å². The molecule has 0 aliphatic rings. The van der Waals surface area contributed by atoms with Gasteiger partial charge >= 0.3 is 0 Å². The van der Waals surface area contributed by atoms with Crippen molar-refractivity contribution < 1.29 is 14.3 Å². The number of carbonyl (C=O) groups excluding carboxylic acids is 2. The number of halogens is 1. The van der Waals surface area contributed by atoms with Gasteiger partial charge in [0, 0.05) is 12.5 Å². The fraction of sp³-hybridized carbons (Fsp3) is 0.385. The van der Waals surface area contributed by atoms with Crippen molar-refractivity contribution in [3.8, 4) is 5.75 Å². The van der Waals surface area contributed by atoms with Crippen molar-refractivity contribution in [1.29, 1.82) is 0 Å². The summed E-state index contributed by atoms with van der Waals surface area (Å²) in [5.74, 6) is 0.101. The zero-order valence-electron chi connectivity index (χ0n) is 10.6. The fourth-order valence-corrected chi connectivity index (χ4v) is 1.60. The Kier molecular flexibility index (Phi) is 5.16. The minimum absolute atomic E-state index is 0.174. The number of hydrogen-bond acceptors (Lipinski definition) is 3. The van der Waals surface area contributed by atoms with Crippen molar-refractivity contribution in [2.45, 2.75) is 26.1 Å². The minimum atomic E-state index is -0.592. The number of nitrogens with one attached hydrogen (secondary N) is 1. The summed E-state index contributed by atoms with van der Waals surface area (Å²) in [4.78, 5) is 22.8. The van der Waals surface area contributed by atoms with Crippen LogP contribution < -0.4 is 10.1 Å². The van der Waals surface area contributed by atoms with E-state index in [1.54, 1.807) is 25.1 Å². The highest BCUT2D eigenvalue weighted by atomic mass is 35.5. The zero-order valence-corrected chi connectivity index (χ0v) is 11.4. The molecular weight excluding hydrogens is 254 g/mol. The van der Waals surface area contributed by atoms with Crippen LogP contribution in [0, 0.1) is 0 Å². The molecule has 0 aliphatic heterocycles. The van der Waals surface area contributed by atoms with E-state index < -0.39 is 5.38 Å². The number of alkyl halides is 1. The van der Waals surface area contributed by atoms with Gasteiger partial charge in [-0.25, -0.2) is 0 Å². The molecule has 1 atom stereocenters. The van der Waals surface area contributed by atoms with Gasteiger partial charge in [-0.05, 0) is 32.0 Å². The summed E-state index contributed by atoms with van der Waals surface area (Å²) in [5.41, 5.74) is 1.01. The highest BCUT2D eigenvalue weighted by Crippen LogP contribution is 2.27. The Morgan fingerprint density at radius 2 is 2.11 bits per heavy atom. The molecule has 5 heteroatoms. The molecule has 1 amide bonds. The summed E-state index contributed by atoms with van der Waals surface area (Å²) in [5, 5.41) is 2.05. The second-order valence-corrected chi connectivity index (χ2v) is 4.46. The maximum Gasteiger partial charge on any atom is 0.221 e. The minimum Gasteiger partial charge on any atom is -0.492 e. The van der Waals surface area contributed by atoms with E-state index in [1.807, 2.05) is 6.92 Å². The van der Waals surface area contributed by atoms with Crippen LogP contribution in [0.5, 0.6) is 5.75 Å². The second kappa shape index (κ2) is 6.40. The molecule has 1 unspecified atom stereocenters. The van der Waals surface area contributed by atoms with Crippen LogP contribution in [0.15, 0.2) is 18.2 Å². The van der Waals surface area contributed by atoms with Gasteiger partial charge in [-0.1, -0.05) is 0 Å². The predicted molar refractivity (Wildman–Crippen MR) is 71.6 cm³/mol. The molecule has 0 aromatic heterocycles. The Morgan fingerprint density at radius 3 is 2.61 bits per heavy atom. The van der Waals surface area contributed by atoms with Crippen LogP contribution in [0.25, 0.3) is 0 Å². The number of amides is 1. The topological polar surface area (TPSA) is 55.4 Å². The number of anilines is 1. The summed E-state index contributed by atoms with van der Waals surface area (Å²) in [7, 11) is 0. The lowest BCUT2D eigenvalue weighted by atomic mass is 10.1. The van der Waals surface area contributed by atoms with Crippen molar-refractivity contribution in [2.75, 3.05) is 11.9 Å². The van der Waals surface area contributed by atoms with Gasteiger partial charge in [-0.15, -0.1) is 11.6 Å². The highest BCUT2D eigenvalue weighted by molar-refractivity contribution is 6.33. The summed E-state index contributed by atoms with van der Waals surface area (Å²) in [6.45, 7) is 5.30. The van der Waals surface area contributed by atoms with Gasteiger partial charge in [0.1, 0.15) is 5.75 Å². The van der Waals surface area contributed by atoms with E-state index in [4.69, 9.17) is 16.3 Å². The lowest BCUT2D eigenvalue weighted by Crippen LogP contribution is -2.12. The molecule has 0 aliphatic carbocycles. The molecule has 0 saturated carbocycles.